The lowest BCUT2D eigenvalue weighted by Crippen LogP contribution is -2.59. The lowest BCUT2D eigenvalue weighted by Gasteiger charge is -2.34. The van der Waals surface area contributed by atoms with E-state index in [1.807, 2.05) is 6.07 Å². The van der Waals surface area contributed by atoms with Crippen molar-refractivity contribution in [3.8, 4) is 0 Å². The molecule has 1 heterocycles. The van der Waals surface area contributed by atoms with Crippen molar-refractivity contribution in [1.82, 2.24) is 31.5 Å². The van der Waals surface area contributed by atoms with Crippen LogP contribution in [0.1, 0.15) is 38.7 Å². The molecule has 1 aliphatic heterocycles. The summed E-state index contributed by atoms with van der Waals surface area (Å²) in [6, 6.07) is 4.83. The molecule has 1 aliphatic rings. The second-order valence-electron chi connectivity index (χ2n) is 10.6. The minimum Gasteiger partial charge on any atom is -0.481 e. The van der Waals surface area contributed by atoms with Gasteiger partial charge in [0.15, 0.2) is 0 Å². The highest BCUT2D eigenvalue weighted by atomic mass is 16.4. The third kappa shape index (κ3) is 10.5. The zero-order valence-electron chi connectivity index (χ0n) is 24.4. The summed E-state index contributed by atoms with van der Waals surface area (Å²) < 4.78 is 0. The largest absolute Gasteiger partial charge is 0.481 e. The summed E-state index contributed by atoms with van der Waals surface area (Å²) >= 11 is 0. The minimum atomic E-state index is -1.45. The van der Waals surface area contributed by atoms with Crippen molar-refractivity contribution in [3.05, 3.63) is 60.6 Å². The number of amides is 4. The topological polar surface area (TPSA) is 195 Å². The SMILES string of the molecule is C=C(N)NCCCC1NC(=O)[C@H](C(C)C)N(C)C(=O)[C@H](Cc2ccccc2)NC(=O)C(CC(=O)O)NC(=O)CNC1=C. The van der Waals surface area contributed by atoms with Crippen molar-refractivity contribution in [2.24, 2.45) is 11.7 Å². The Kier molecular flexibility index (Phi) is 12.8. The summed E-state index contributed by atoms with van der Waals surface area (Å²) in [6.07, 6.45) is 0.362. The molecule has 0 saturated carbocycles. The van der Waals surface area contributed by atoms with Crippen molar-refractivity contribution in [3.63, 3.8) is 0 Å². The first-order valence-corrected chi connectivity index (χ1v) is 13.8. The Labute approximate surface area is 246 Å². The van der Waals surface area contributed by atoms with Crippen LogP contribution in [0.25, 0.3) is 0 Å². The Morgan fingerprint density at radius 1 is 1.07 bits per heavy atom. The van der Waals surface area contributed by atoms with Crippen LogP contribution in [0.3, 0.4) is 0 Å². The minimum absolute atomic E-state index is 0.0797. The molecule has 2 unspecified atom stereocenters. The number of aliphatic carboxylic acids is 1. The van der Waals surface area contributed by atoms with E-state index in [4.69, 9.17) is 5.73 Å². The Morgan fingerprint density at radius 3 is 2.31 bits per heavy atom. The molecule has 4 amide bonds. The molecule has 0 radical (unpaired) electrons. The molecule has 8 N–H and O–H groups in total. The maximum atomic E-state index is 13.9. The Hall–Kier alpha value is -4.55. The number of nitrogens with one attached hydrogen (secondary N) is 5. The summed E-state index contributed by atoms with van der Waals surface area (Å²) in [5.41, 5.74) is 6.64. The molecular weight excluding hydrogens is 542 g/mol. The number of carboxylic acid groups (broad SMARTS) is 1. The molecule has 4 atom stereocenters. The fourth-order valence-corrected chi connectivity index (χ4v) is 4.72. The second kappa shape index (κ2) is 16.0. The van der Waals surface area contributed by atoms with Crippen LogP contribution >= 0.6 is 0 Å². The normalized spacial score (nSPS) is 22.7. The predicted octanol–water partition coefficient (Wildman–Crippen LogP) is -0.442. The highest BCUT2D eigenvalue weighted by molar-refractivity contribution is 5.96. The van der Waals surface area contributed by atoms with Gasteiger partial charge in [-0.3, -0.25) is 24.0 Å². The zero-order chi connectivity index (χ0) is 31.4. The molecule has 13 heteroatoms. The maximum absolute atomic E-state index is 13.9. The molecule has 1 aromatic carbocycles. The van der Waals surface area contributed by atoms with E-state index < -0.39 is 60.2 Å². The van der Waals surface area contributed by atoms with Crippen LogP contribution in [0.5, 0.6) is 0 Å². The lowest BCUT2D eigenvalue weighted by atomic mass is 9.98. The molecule has 2 rings (SSSR count). The maximum Gasteiger partial charge on any atom is 0.305 e. The van der Waals surface area contributed by atoms with Crippen molar-refractivity contribution < 1.29 is 29.1 Å². The number of nitrogens with zero attached hydrogens (tertiary/aromatic N) is 1. The smallest absolute Gasteiger partial charge is 0.305 e. The number of nitrogens with two attached hydrogens (primary N) is 1. The number of carbonyl (C=O) groups excluding carboxylic acids is 4. The molecule has 0 aromatic heterocycles. The van der Waals surface area contributed by atoms with Gasteiger partial charge in [-0.15, -0.1) is 0 Å². The molecule has 13 nitrogen and oxygen atoms in total. The number of benzene rings is 1. The first-order valence-electron chi connectivity index (χ1n) is 13.8. The summed E-state index contributed by atoms with van der Waals surface area (Å²) in [5.74, 6) is -3.79. The van der Waals surface area contributed by atoms with Gasteiger partial charge in [0, 0.05) is 25.7 Å². The summed E-state index contributed by atoms with van der Waals surface area (Å²) in [4.78, 5) is 66.4. The van der Waals surface area contributed by atoms with Crippen molar-refractivity contribution in [2.45, 2.75) is 63.7 Å². The summed E-state index contributed by atoms with van der Waals surface area (Å²) in [6.45, 7) is 11.3. The van der Waals surface area contributed by atoms with Gasteiger partial charge in [-0.2, -0.15) is 0 Å². The van der Waals surface area contributed by atoms with Crippen LogP contribution in [0.15, 0.2) is 55.0 Å². The average molecular weight is 586 g/mol. The molecule has 1 saturated heterocycles. The highest BCUT2D eigenvalue weighted by Crippen LogP contribution is 2.16. The molecule has 1 fully saturated rings. The predicted molar refractivity (Wildman–Crippen MR) is 157 cm³/mol. The molecule has 1 aromatic rings. The van der Waals surface area contributed by atoms with Crippen molar-refractivity contribution in [2.75, 3.05) is 20.1 Å². The van der Waals surface area contributed by atoms with Crippen LogP contribution in [-0.4, -0.2) is 83.9 Å². The monoisotopic (exact) mass is 585 g/mol. The fourth-order valence-electron chi connectivity index (χ4n) is 4.72. The van der Waals surface area contributed by atoms with E-state index in [9.17, 15) is 29.1 Å². The summed E-state index contributed by atoms with van der Waals surface area (Å²) in [5, 5.41) is 23.2. The second-order valence-corrected chi connectivity index (χ2v) is 10.6. The number of hydrogen-bond acceptors (Lipinski definition) is 8. The van der Waals surface area contributed by atoms with Gasteiger partial charge < -0.3 is 42.3 Å². The van der Waals surface area contributed by atoms with Crippen LogP contribution in [0.4, 0.5) is 0 Å². The van der Waals surface area contributed by atoms with Gasteiger partial charge >= 0.3 is 5.97 Å². The van der Waals surface area contributed by atoms with Gasteiger partial charge in [-0.05, 0) is 24.3 Å². The van der Waals surface area contributed by atoms with Gasteiger partial charge in [0.2, 0.25) is 23.6 Å². The molecule has 0 aliphatic carbocycles. The average Bonchev–Trinajstić information content (AvgIpc) is 2.91. The van der Waals surface area contributed by atoms with E-state index in [-0.39, 0.29) is 18.9 Å². The lowest BCUT2D eigenvalue weighted by molar-refractivity contribution is -0.144. The molecule has 230 valence electrons. The van der Waals surface area contributed by atoms with Crippen LogP contribution < -0.4 is 32.3 Å². The third-order valence-electron chi connectivity index (χ3n) is 6.83. The fraction of sp³-hybridized carbons (Fsp3) is 0.483. The third-order valence-corrected chi connectivity index (χ3v) is 6.83. The van der Waals surface area contributed by atoms with Gasteiger partial charge in [-0.1, -0.05) is 57.3 Å². The Bertz CT molecular complexity index is 1160. The number of hydrogen-bond donors (Lipinski definition) is 7. The van der Waals surface area contributed by atoms with E-state index in [1.165, 1.54) is 11.9 Å². The van der Waals surface area contributed by atoms with Gasteiger partial charge in [0.05, 0.1) is 24.8 Å². The Morgan fingerprint density at radius 2 is 1.71 bits per heavy atom. The zero-order valence-corrected chi connectivity index (χ0v) is 24.4. The standard InChI is InChI=1S/C29H43N7O6/c1-17(2)26-28(41)34-21(12-9-13-31-19(4)30)18(3)32-16-24(37)33-22(15-25(38)39)27(40)35-23(29(42)36(26)5)14-20-10-7-6-8-11-20/h6-8,10-11,17,21-23,26,31-32H,3-4,9,12-16,30H2,1-2,5H3,(H,33,37)(H,34,41)(H,35,40)(H,38,39)/t21?,22?,23-,26-/m0/s1. The van der Waals surface area contributed by atoms with Gasteiger partial charge in [0.25, 0.3) is 0 Å². The van der Waals surface area contributed by atoms with Gasteiger partial charge in [0.1, 0.15) is 18.1 Å². The van der Waals surface area contributed by atoms with Crippen LogP contribution in [-0.2, 0) is 30.4 Å². The number of rotatable bonds is 10. The molecular formula is C29H43N7O6. The van der Waals surface area contributed by atoms with Gasteiger partial charge in [-0.25, -0.2) is 0 Å². The van der Waals surface area contributed by atoms with E-state index >= 15 is 0 Å². The first-order chi connectivity index (χ1) is 19.8. The van der Waals surface area contributed by atoms with Crippen molar-refractivity contribution >= 4 is 29.6 Å². The number of likely N-dealkylation sites (N-methyl/N-ethyl adjacent to an activating group) is 1. The van der Waals surface area contributed by atoms with E-state index in [0.29, 0.717) is 30.9 Å². The van der Waals surface area contributed by atoms with Crippen LogP contribution in [0, 0.1) is 5.92 Å². The molecule has 0 bridgehead atoms. The number of carbonyl (C=O) groups is 5. The van der Waals surface area contributed by atoms with Crippen molar-refractivity contribution in [1.29, 1.82) is 0 Å². The number of carboxylic acids is 1. The highest BCUT2D eigenvalue weighted by Gasteiger charge is 2.36. The van der Waals surface area contributed by atoms with E-state index in [2.05, 4.69) is 39.7 Å². The summed E-state index contributed by atoms with van der Waals surface area (Å²) in [7, 11) is 1.49. The van der Waals surface area contributed by atoms with Crippen LogP contribution in [0.2, 0.25) is 0 Å². The first kappa shape index (κ1) is 33.7. The quantitative estimate of drug-likeness (QED) is 0.178. The molecule has 0 spiro atoms. The Balaban J connectivity index is 2.48. The molecule has 42 heavy (non-hydrogen) atoms. The van der Waals surface area contributed by atoms with E-state index in [1.54, 1.807) is 38.1 Å². The van der Waals surface area contributed by atoms with E-state index in [0.717, 1.165) is 5.56 Å².